The molecule has 0 aliphatic heterocycles. The van der Waals surface area contributed by atoms with Gasteiger partial charge in [-0.15, -0.1) is 0 Å². The highest BCUT2D eigenvalue weighted by Crippen LogP contribution is 2.30. The van der Waals surface area contributed by atoms with Gasteiger partial charge in [-0.3, -0.25) is 13.9 Å². The van der Waals surface area contributed by atoms with Crippen molar-refractivity contribution in [1.82, 2.24) is 10.2 Å². The lowest BCUT2D eigenvalue weighted by Gasteiger charge is -2.29. The van der Waals surface area contributed by atoms with Gasteiger partial charge in [0.15, 0.2) is 0 Å². The van der Waals surface area contributed by atoms with Gasteiger partial charge in [0.25, 0.3) is 0 Å². The van der Waals surface area contributed by atoms with Crippen molar-refractivity contribution in [1.29, 1.82) is 0 Å². The predicted molar refractivity (Wildman–Crippen MR) is 144 cm³/mol. The second kappa shape index (κ2) is 13.5. The van der Waals surface area contributed by atoms with Crippen molar-refractivity contribution in [2.75, 3.05) is 30.8 Å². The number of hydrogen-bond acceptors (Lipinski definition) is 5. The van der Waals surface area contributed by atoms with Crippen LogP contribution in [0.5, 0.6) is 5.75 Å². The van der Waals surface area contributed by atoms with Crippen LogP contribution in [0, 0.1) is 5.92 Å². The number of methoxy groups -OCH3 is 1. The lowest BCUT2D eigenvalue weighted by atomic mass is 10.1. The van der Waals surface area contributed by atoms with E-state index in [-0.39, 0.29) is 48.7 Å². The zero-order valence-corrected chi connectivity index (χ0v) is 23.1. The maximum Gasteiger partial charge on any atom is 0.242 e. The number of halogens is 1. The number of rotatable bonds is 13. The molecule has 0 bridgehead atoms. The smallest absolute Gasteiger partial charge is 0.242 e. The number of nitrogens with zero attached hydrogens (tertiary/aromatic N) is 2. The van der Waals surface area contributed by atoms with Gasteiger partial charge in [-0.05, 0) is 43.0 Å². The molecule has 0 radical (unpaired) electrons. The first-order valence-corrected chi connectivity index (χ1v) is 14.1. The molecule has 0 spiro atoms. The summed E-state index contributed by atoms with van der Waals surface area (Å²) in [5.74, 6) is 0.268. The van der Waals surface area contributed by atoms with Gasteiger partial charge in [0.1, 0.15) is 11.8 Å². The third kappa shape index (κ3) is 8.71. The number of anilines is 1. The first-order valence-electron chi connectivity index (χ1n) is 11.9. The summed E-state index contributed by atoms with van der Waals surface area (Å²) in [6.45, 7) is 6.59. The highest BCUT2D eigenvalue weighted by Gasteiger charge is 2.26. The highest BCUT2D eigenvalue weighted by atomic mass is 35.5. The van der Waals surface area contributed by atoms with E-state index < -0.39 is 16.1 Å². The van der Waals surface area contributed by atoms with Crippen molar-refractivity contribution in [3.8, 4) is 5.75 Å². The van der Waals surface area contributed by atoms with Crippen LogP contribution in [0.15, 0.2) is 48.5 Å². The van der Waals surface area contributed by atoms with Crippen molar-refractivity contribution in [3.63, 3.8) is 0 Å². The molecular weight excluding hydrogens is 502 g/mol. The van der Waals surface area contributed by atoms with Gasteiger partial charge >= 0.3 is 0 Å². The second-order valence-corrected chi connectivity index (χ2v) is 11.4. The van der Waals surface area contributed by atoms with Crippen molar-refractivity contribution in [2.45, 2.75) is 46.2 Å². The maximum atomic E-state index is 13.3. The van der Waals surface area contributed by atoms with E-state index in [1.54, 1.807) is 24.0 Å². The molecule has 2 rings (SSSR count). The van der Waals surface area contributed by atoms with Crippen molar-refractivity contribution >= 4 is 39.1 Å². The quantitative estimate of drug-likeness (QED) is 0.415. The second-order valence-electron chi connectivity index (χ2n) is 9.08. The molecule has 0 saturated heterocycles. The van der Waals surface area contributed by atoms with E-state index in [0.717, 1.165) is 11.8 Å². The van der Waals surface area contributed by atoms with Gasteiger partial charge in [0.2, 0.25) is 21.8 Å². The van der Waals surface area contributed by atoms with Crippen LogP contribution in [-0.2, 0) is 26.2 Å². The van der Waals surface area contributed by atoms with Gasteiger partial charge in [-0.1, -0.05) is 55.8 Å². The Morgan fingerprint density at radius 2 is 1.75 bits per heavy atom. The third-order valence-electron chi connectivity index (χ3n) is 5.62. The summed E-state index contributed by atoms with van der Waals surface area (Å²) in [6, 6.07) is 13.5. The maximum absolute atomic E-state index is 13.3. The molecular formula is C26H36ClN3O5S. The fourth-order valence-corrected chi connectivity index (χ4v) is 4.84. The van der Waals surface area contributed by atoms with Crippen LogP contribution in [0.4, 0.5) is 5.69 Å². The Morgan fingerprint density at radius 3 is 2.31 bits per heavy atom. The molecule has 0 saturated carbocycles. The predicted octanol–water partition coefficient (Wildman–Crippen LogP) is 4.08. The van der Waals surface area contributed by atoms with E-state index >= 15 is 0 Å². The molecule has 10 heteroatoms. The molecule has 0 heterocycles. The molecule has 0 aliphatic carbocycles. The Kier molecular flexibility index (Phi) is 11.0. The van der Waals surface area contributed by atoms with Crippen LogP contribution in [0.3, 0.4) is 0 Å². The topological polar surface area (TPSA) is 96.0 Å². The fraction of sp³-hybridized carbons (Fsp3) is 0.462. The number of amides is 2. The Morgan fingerprint density at radius 1 is 1.08 bits per heavy atom. The number of benzene rings is 2. The molecule has 0 aromatic heterocycles. The van der Waals surface area contributed by atoms with Gasteiger partial charge in [0.05, 0.1) is 24.1 Å². The van der Waals surface area contributed by atoms with Crippen molar-refractivity contribution in [3.05, 3.63) is 59.1 Å². The van der Waals surface area contributed by atoms with Crippen LogP contribution >= 0.6 is 11.6 Å². The summed E-state index contributed by atoms with van der Waals surface area (Å²) >= 11 is 6.19. The zero-order valence-electron chi connectivity index (χ0n) is 21.5. The first kappa shape index (κ1) is 29.5. The highest BCUT2D eigenvalue weighted by molar-refractivity contribution is 7.92. The lowest BCUT2D eigenvalue weighted by molar-refractivity contribution is -0.140. The Labute approximate surface area is 219 Å². The number of carbonyl (C=O) groups excluding carboxylic acids is 2. The Hall–Kier alpha value is -2.78. The minimum absolute atomic E-state index is 0.0739. The molecule has 0 fully saturated rings. The Bertz CT molecular complexity index is 1130. The molecule has 0 unspecified atom stereocenters. The molecule has 1 atom stereocenters. The summed E-state index contributed by atoms with van der Waals surface area (Å²) in [6.07, 6.45) is 1.45. The van der Waals surface area contributed by atoms with Gasteiger partial charge in [0, 0.05) is 26.1 Å². The van der Waals surface area contributed by atoms with Crippen LogP contribution in [0.25, 0.3) is 0 Å². The summed E-state index contributed by atoms with van der Waals surface area (Å²) in [5, 5.41) is 3.18. The summed E-state index contributed by atoms with van der Waals surface area (Å²) < 4.78 is 31.3. The largest absolute Gasteiger partial charge is 0.495 e. The average molecular weight is 538 g/mol. The Balaban J connectivity index is 2.15. The number of ether oxygens (including phenoxy) is 1. The van der Waals surface area contributed by atoms with E-state index in [9.17, 15) is 18.0 Å². The van der Waals surface area contributed by atoms with Crippen molar-refractivity contribution in [2.24, 2.45) is 5.92 Å². The standard InChI is InChI=1S/C26H36ClN3O5S/c1-19(2)17-28-26(32)20(3)29(18-21-10-7-6-8-11-21)25(31)12-9-15-30(36(5,33)34)22-13-14-24(35-4)23(27)16-22/h6-8,10-11,13-14,16,19-20H,9,12,15,17-18H2,1-5H3,(H,28,32)/t20-/m1/s1. The van der Waals surface area contributed by atoms with Crippen molar-refractivity contribution < 1.29 is 22.7 Å². The van der Waals surface area contributed by atoms with Crippen LogP contribution in [0.1, 0.15) is 39.2 Å². The monoisotopic (exact) mass is 537 g/mol. The third-order valence-corrected chi connectivity index (χ3v) is 7.11. The van der Waals surface area contributed by atoms with E-state index in [1.807, 2.05) is 44.2 Å². The summed E-state index contributed by atoms with van der Waals surface area (Å²) in [4.78, 5) is 27.6. The van der Waals surface area contributed by atoms with Crippen LogP contribution in [-0.4, -0.2) is 57.6 Å². The SMILES string of the molecule is COc1ccc(N(CCCC(=O)N(Cc2ccccc2)[C@H](C)C(=O)NCC(C)C)S(C)(=O)=O)cc1Cl. The first-order chi connectivity index (χ1) is 16.9. The van der Waals surface area contributed by atoms with Gasteiger partial charge < -0.3 is 15.0 Å². The number of hydrogen-bond donors (Lipinski definition) is 1. The van der Waals surface area contributed by atoms with Gasteiger partial charge in [-0.25, -0.2) is 8.42 Å². The minimum atomic E-state index is -3.62. The molecule has 1 N–H and O–H groups in total. The molecule has 2 aromatic carbocycles. The zero-order chi connectivity index (χ0) is 26.9. The number of nitrogens with one attached hydrogen (secondary N) is 1. The van der Waals surface area contributed by atoms with Gasteiger partial charge in [-0.2, -0.15) is 0 Å². The summed E-state index contributed by atoms with van der Waals surface area (Å²) in [7, 11) is -2.14. The van der Waals surface area contributed by atoms with E-state index in [2.05, 4.69) is 5.32 Å². The summed E-state index contributed by atoms with van der Waals surface area (Å²) in [5.41, 5.74) is 1.29. The minimum Gasteiger partial charge on any atom is -0.495 e. The lowest BCUT2D eigenvalue weighted by Crippen LogP contribution is -2.48. The number of sulfonamides is 1. The molecule has 2 aromatic rings. The molecule has 0 aliphatic rings. The normalized spacial score (nSPS) is 12.2. The molecule has 36 heavy (non-hydrogen) atoms. The van der Waals surface area contributed by atoms with E-state index in [1.165, 1.54) is 17.5 Å². The number of carbonyl (C=O) groups is 2. The van der Waals surface area contributed by atoms with E-state index in [4.69, 9.17) is 16.3 Å². The van der Waals surface area contributed by atoms with Crippen LogP contribution < -0.4 is 14.4 Å². The van der Waals surface area contributed by atoms with E-state index in [0.29, 0.717) is 18.0 Å². The molecule has 8 nitrogen and oxygen atoms in total. The fourth-order valence-electron chi connectivity index (χ4n) is 3.63. The molecule has 2 amide bonds. The van der Waals surface area contributed by atoms with Crippen LogP contribution in [0.2, 0.25) is 5.02 Å². The molecule has 198 valence electrons. The average Bonchev–Trinajstić information content (AvgIpc) is 2.82.